The summed E-state index contributed by atoms with van der Waals surface area (Å²) in [6.07, 6.45) is 0.907. The van der Waals surface area contributed by atoms with Crippen molar-refractivity contribution in [1.82, 2.24) is 9.55 Å². The molecule has 1 aliphatic rings. The lowest BCUT2D eigenvalue weighted by Crippen LogP contribution is -2.37. The molecule has 5 heteroatoms. The predicted molar refractivity (Wildman–Crippen MR) is 77.0 cm³/mol. The minimum Gasteiger partial charge on any atom is -0.378 e. The van der Waals surface area contributed by atoms with Crippen LogP contribution in [-0.4, -0.2) is 35.5 Å². The van der Waals surface area contributed by atoms with Crippen molar-refractivity contribution in [3.63, 3.8) is 0 Å². The lowest BCUT2D eigenvalue weighted by Gasteiger charge is -2.26. The summed E-state index contributed by atoms with van der Waals surface area (Å²) in [4.78, 5) is 3.25. The smallest absolute Gasteiger partial charge is 0.178 e. The number of imidazole rings is 1. The highest BCUT2D eigenvalue weighted by Gasteiger charge is 2.35. The second-order valence-corrected chi connectivity index (χ2v) is 5.61. The number of nitrogens with one attached hydrogen (secondary N) is 1. The number of nitrogens with zero attached hydrogens (tertiary/aromatic N) is 1. The van der Waals surface area contributed by atoms with Gasteiger partial charge in [0.25, 0.3) is 0 Å². The van der Waals surface area contributed by atoms with E-state index in [-0.39, 0.29) is 5.60 Å². The Labute approximate surface area is 117 Å². The maximum atomic E-state index is 5.70. The van der Waals surface area contributed by atoms with Gasteiger partial charge in [-0.1, -0.05) is 6.07 Å². The molecule has 102 valence electrons. The van der Waals surface area contributed by atoms with E-state index < -0.39 is 0 Å². The van der Waals surface area contributed by atoms with Gasteiger partial charge in [0.05, 0.1) is 24.2 Å². The van der Waals surface area contributed by atoms with Crippen LogP contribution in [0.3, 0.4) is 0 Å². The first-order valence-electron chi connectivity index (χ1n) is 6.46. The molecule has 0 bridgehead atoms. The Kier molecular flexibility index (Phi) is 3.20. The summed E-state index contributed by atoms with van der Waals surface area (Å²) >= 11 is 5.44. The lowest BCUT2D eigenvalue weighted by atomic mass is 10.0. The minimum absolute atomic E-state index is 0.253. The summed E-state index contributed by atoms with van der Waals surface area (Å²) in [5, 5.41) is 0. The molecule has 0 aliphatic carbocycles. The molecule has 0 saturated carbocycles. The second kappa shape index (κ2) is 4.74. The van der Waals surface area contributed by atoms with Crippen LogP contribution in [0.4, 0.5) is 0 Å². The zero-order valence-electron chi connectivity index (χ0n) is 11.2. The molecule has 1 N–H and O–H groups in total. The average Bonchev–Trinajstić information content (AvgIpc) is 2.98. The Morgan fingerprint density at radius 1 is 1.53 bits per heavy atom. The number of ether oxygens (including phenoxy) is 2. The van der Waals surface area contributed by atoms with Crippen molar-refractivity contribution in [2.45, 2.75) is 25.5 Å². The van der Waals surface area contributed by atoms with Gasteiger partial charge < -0.3 is 19.0 Å². The molecule has 1 aromatic carbocycles. The number of methoxy groups -OCH3 is 1. The highest BCUT2D eigenvalue weighted by atomic mass is 32.1. The van der Waals surface area contributed by atoms with Gasteiger partial charge >= 0.3 is 0 Å². The van der Waals surface area contributed by atoms with Crippen molar-refractivity contribution < 1.29 is 9.47 Å². The Morgan fingerprint density at radius 3 is 3.05 bits per heavy atom. The summed E-state index contributed by atoms with van der Waals surface area (Å²) in [6, 6.07) is 6.31. The minimum atomic E-state index is -0.253. The van der Waals surface area contributed by atoms with Crippen LogP contribution >= 0.6 is 12.2 Å². The molecular weight excluding hydrogens is 260 g/mol. The Morgan fingerprint density at radius 2 is 2.37 bits per heavy atom. The first-order valence-corrected chi connectivity index (χ1v) is 6.86. The zero-order chi connectivity index (χ0) is 13.5. The standard InChI is InChI=1S/C14H18N2O2S/c1-10-3-4-11-12(7-10)16(13(19)15-11)8-14(17-2)5-6-18-9-14/h3-4,7H,5-6,8-9H2,1-2H3,(H,15,19). The van der Waals surface area contributed by atoms with Crippen LogP contribution < -0.4 is 0 Å². The van der Waals surface area contributed by atoms with E-state index in [4.69, 9.17) is 21.7 Å². The number of benzene rings is 1. The third kappa shape index (κ3) is 2.22. The third-order valence-corrected chi connectivity index (χ3v) is 4.20. The van der Waals surface area contributed by atoms with E-state index in [9.17, 15) is 0 Å². The first kappa shape index (κ1) is 12.8. The molecule has 1 unspecified atom stereocenters. The van der Waals surface area contributed by atoms with E-state index in [1.54, 1.807) is 7.11 Å². The van der Waals surface area contributed by atoms with Crippen molar-refractivity contribution in [3.8, 4) is 0 Å². The molecule has 3 rings (SSSR count). The Hall–Kier alpha value is -1.17. The molecule has 1 aromatic heterocycles. The predicted octanol–water partition coefficient (Wildman–Crippen LogP) is 2.81. The van der Waals surface area contributed by atoms with Crippen molar-refractivity contribution in [1.29, 1.82) is 0 Å². The number of aryl methyl sites for hydroxylation is 1. The number of aromatic amines is 1. The Balaban J connectivity index is 2.07. The fraction of sp³-hybridized carbons (Fsp3) is 0.500. The molecule has 19 heavy (non-hydrogen) atoms. The summed E-state index contributed by atoms with van der Waals surface area (Å²) in [6.45, 7) is 4.20. The van der Waals surface area contributed by atoms with Gasteiger partial charge in [0, 0.05) is 20.1 Å². The first-order chi connectivity index (χ1) is 9.13. The largest absolute Gasteiger partial charge is 0.378 e. The van der Waals surface area contributed by atoms with Crippen LogP contribution in [0.2, 0.25) is 0 Å². The molecule has 0 spiro atoms. The van der Waals surface area contributed by atoms with Gasteiger partial charge in [-0.2, -0.15) is 0 Å². The second-order valence-electron chi connectivity index (χ2n) is 5.23. The van der Waals surface area contributed by atoms with Crippen LogP contribution in [0, 0.1) is 11.7 Å². The topological polar surface area (TPSA) is 39.2 Å². The van der Waals surface area contributed by atoms with Crippen molar-refractivity contribution in [2.75, 3.05) is 20.3 Å². The number of hydrogen-bond acceptors (Lipinski definition) is 3. The summed E-state index contributed by atoms with van der Waals surface area (Å²) in [5.74, 6) is 0. The monoisotopic (exact) mass is 278 g/mol. The van der Waals surface area contributed by atoms with Crippen molar-refractivity contribution >= 4 is 23.3 Å². The molecule has 1 aliphatic heterocycles. The molecule has 1 atom stereocenters. The third-order valence-electron chi connectivity index (χ3n) is 3.88. The molecule has 2 heterocycles. The van der Waals surface area contributed by atoms with Crippen LogP contribution in [-0.2, 0) is 16.0 Å². The molecule has 0 amide bonds. The van der Waals surface area contributed by atoms with E-state index in [1.165, 1.54) is 5.56 Å². The van der Waals surface area contributed by atoms with Gasteiger partial charge in [-0.25, -0.2) is 0 Å². The van der Waals surface area contributed by atoms with Crippen LogP contribution in [0.25, 0.3) is 11.0 Å². The molecule has 2 aromatic rings. The average molecular weight is 278 g/mol. The van der Waals surface area contributed by atoms with Gasteiger partial charge in [0.1, 0.15) is 5.60 Å². The summed E-state index contributed by atoms with van der Waals surface area (Å²) in [5.41, 5.74) is 3.18. The van der Waals surface area contributed by atoms with E-state index >= 15 is 0 Å². The molecule has 1 saturated heterocycles. The fourth-order valence-electron chi connectivity index (χ4n) is 2.65. The highest BCUT2D eigenvalue weighted by Crippen LogP contribution is 2.27. The van der Waals surface area contributed by atoms with Crippen molar-refractivity contribution in [3.05, 3.63) is 28.5 Å². The molecule has 0 radical (unpaired) electrons. The van der Waals surface area contributed by atoms with Crippen molar-refractivity contribution in [2.24, 2.45) is 0 Å². The van der Waals surface area contributed by atoms with Crippen LogP contribution in [0.1, 0.15) is 12.0 Å². The maximum absolute atomic E-state index is 5.70. The normalized spacial score (nSPS) is 23.3. The van der Waals surface area contributed by atoms with E-state index in [1.807, 2.05) is 0 Å². The molecule has 4 nitrogen and oxygen atoms in total. The van der Waals surface area contributed by atoms with Gasteiger partial charge in [-0.05, 0) is 36.8 Å². The highest BCUT2D eigenvalue weighted by molar-refractivity contribution is 7.71. The summed E-state index contributed by atoms with van der Waals surface area (Å²) < 4.78 is 14.1. The molecular formula is C14H18N2O2S. The Bertz CT molecular complexity index is 653. The summed E-state index contributed by atoms with van der Waals surface area (Å²) in [7, 11) is 1.75. The number of rotatable bonds is 3. The number of hydrogen-bond donors (Lipinski definition) is 1. The van der Waals surface area contributed by atoms with Crippen LogP contribution in [0.5, 0.6) is 0 Å². The molecule has 1 fully saturated rings. The van der Waals surface area contributed by atoms with Gasteiger partial charge in [-0.15, -0.1) is 0 Å². The van der Waals surface area contributed by atoms with E-state index in [0.29, 0.717) is 6.61 Å². The van der Waals surface area contributed by atoms with E-state index in [2.05, 4.69) is 34.7 Å². The lowest BCUT2D eigenvalue weighted by molar-refractivity contribution is -0.0290. The SMILES string of the molecule is COC1(Cn2c(=S)[nH]c3ccc(C)cc32)CCOC1. The van der Waals surface area contributed by atoms with E-state index in [0.717, 1.165) is 35.4 Å². The quantitative estimate of drug-likeness (QED) is 0.878. The van der Waals surface area contributed by atoms with Gasteiger partial charge in [0.15, 0.2) is 4.77 Å². The fourth-order valence-corrected chi connectivity index (χ4v) is 2.92. The van der Waals surface area contributed by atoms with Gasteiger partial charge in [-0.3, -0.25) is 0 Å². The van der Waals surface area contributed by atoms with Gasteiger partial charge in [0.2, 0.25) is 0 Å². The number of aromatic nitrogens is 2. The van der Waals surface area contributed by atoms with Crippen LogP contribution in [0.15, 0.2) is 18.2 Å². The zero-order valence-corrected chi connectivity index (χ0v) is 12.0. The number of H-pyrrole nitrogens is 1. The number of fused-ring (bicyclic) bond motifs is 1. The maximum Gasteiger partial charge on any atom is 0.178 e.